The standard InChI is InChI=1S/C22H30N2O/c1-5-9-10-13-21(12-6-2)22(25)23-15-11-16-24-17-14-19(7-3)20(8-4)18-24/h5-10,12-13H,2-4,11,14-18H2,1H3,(H,23,25)/b9-5-,13-10-,21-12+. The van der Waals surface area contributed by atoms with Crippen LogP contribution in [0.4, 0.5) is 0 Å². The minimum Gasteiger partial charge on any atom is -0.352 e. The second-order valence-corrected chi connectivity index (χ2v) is 5.84. The van der Waals surface area contributed by atoms with E-state index in [1.54, 1.807) is 18.2 Å². The van der Waals surface area contributed by atoms with Crippen LogP contribution < -0.4 is 5.32 Å². The summed E-state index contributed by atoms with van der Waals surface area (Å²) in [5.41, 5.74) is 3.17. The molecule has 3 nitrogen and oxygen atoms in total. The lowest BCUT2D eigenvalue weighted by Gasteiger charge is -2.28. The second kappa shape index (κ2) is 12.0. The first kappa shape index (κ1) is 20.7. The van der Waals surface area contributed by atoms with Crippen LogP contribution in [0.5, 0.6) is 0 Å². The molecule has 25 heavy (non-hydrogen) atoms. The zero-order valence-electron chi connectivity index (χ0n) is 15.3. The lowest BCUT2D eigenvalue weighted by Crippen LogP contribution is -2.34. The van der Waals surface area contributed by atoms with Gasteiger partial charge in [-0.2, -0.15) is 0 Å². The van der Waals surface area contributed by atoms with Crippen molar-refractivity contribution in [1.29, 1.82) is 0 Å². The van der Waals surface area contributed by atoms with E-state index in [1.807, 2.05) is 37.3 Å². The topological polar surface area (TPSA) is 32.3 Å². The van der Waals surface area contributed by atoms with Crippen LogP contribution in [0.25, 0.3) is 0 Å². The molecule has 0 aromatic heterocycles. The number of allylic oxidation sites excluding steroid dienone is 6. The molecule has 0 saturated carbocycles. The molecule has 1 N–H and O–H groups in total. The largest absolute Gasteiger partial charge is 0.352 e. The number of hydrogen-bond acceptors (Lipinski definition) is 2. The van der Waals surface area contributed by atoms with Crippen molar-refractivity contribution in [3.8, 4) is 0 Å². The molecule has 1 rings (SSSR count). The molecule has 0 aliphatic carbocycles. The summed E-state index contributed by atoms with van der Waals surface area (Å²) in [7, 11) is 0. The quantitative estimate of drug-likeness (QED) is 0.369. The van der Waals surface area contributed by atoms with E-state index in [9.17, 15) is 4.79 Å². The van der Waals surface area contributed by atoms with Crippen molar-refractivity contribution in [3.05, 3.63) is 85.1 Å². The molecule has 1 amide bonds. The van der Waals surface area contributed by atoms with Crippen molar-refractivity contribution in [2.75, 3.05) is 26.2 Å². The third kappa shape index (κ3) is 7.36. The van der Waals surface area contributed by atoms with E-state index in [1.165, 1.54) is 11.1 Å². The molecule has 0 aromatic carbocycles. The minimum atomic E-state index is -0.0695. The van der Waals surface area contributed by atoms with Gasteiger partial charge in [-0.1, -0.05) is 62.3 Å². The fourth-order valence-electron chi connectivity index (χ4n) is 2.69. The van der Waals surface area contributed by atoms with Crippen molar-refractivity contribution >= 4 is 5.91 Å². The molecule has 1 aliphatic heterocycles. The number of nitrogens with zero attached hydrogens (tertiary/aromatic N) is 1. The Bertz CT molecular complexity index is 606. The molecule has 1 heterocycles. The van der Waals surface area contributed by atoms with Crippen LogP contribution in [0.3, 0.4) is 0 Å². The zero-order valence-corrected chi connectivity index (χ0v) is 15.3. The average molecular weight is 338 g/mol. The van der Waals surface area contributed by atoms with Gasteiger partial charge in [0.1, 0.15) is 0 Å². The summed E-state index contributed by atoms with van der Waals surface area (Å²) in [5.74, 6) is -0.0695. The smallest absolute Gasteiger partial charge is 0.251 e. The monoisotopic (exact) mass is 338 g/mol. The van der Waals surface area contributed by atoms with Crippen molar-refractivity contribution in [1.82, 2.24) is 10.2 Å². The summed E-state index contributed by atoms with van der Waals surface area (Å²) in [4.78, 5) is 14.6. The Labute approximate surface area is 152 Å². The highest BCUT2D eigenvalue weighted by Crippen LogP contribution is 2.19. The normalized spacial score (nSPS) is 16.4. The molecule has 0 unspecified atom stereocenters. The summed E-state index contributed by atoms with van der Waals surface area (Å²) in [6.45, 7) is 16.9. The fourth-order valence-corrected chi connectivity index (χ4v) is 2.69. The van der Waals surface area contributed by atoms with Crippen molar-refractivity contribution in [2.24, 2.45) is 0 Å². The molecule has 0 saturated heterocycles. The van der Waals surface area contributed by atoms with Crippen molar-refractivity contribution < 1.29 is 4.79 Å². The Morgan fingerprint density at radius 2 is 1.96 bits per heavy atom. The molecular weight excluding hydrogens is 308 g/mol. The maximum absolute atomic E-state index is 12.2. The SMILES string of the molecule is C=C\C=C(/C=C\C=C/C)C(=O)NCCCN1CCC(C=C)=C(C=C)C1. The molecule has 134 valence electrons. The van der Waals surface area contributed by atoms with Gasteiger partial charge in [0.25, 0.3) is 5.91 Å². The number of amides is 1. The van der Waals surface area contributed by atoms with Crippen molar-refractivity contribution in [3.63, 3.8) is 0 Å². The van der Waals surface area contributed by atoms with Gasteiger partial charge in [-0.15, -0.1) is 0 Å². The first-order valence-corrected chi connectivity index (χ1v) is 8.75. The number of carbonyl (C=O) groups is 1. The van der Waals surface area contributed by atoms with Crippen LogP contribution in [0, 0.1) is 0 Å². The maximum Gasteiger partial charge on any atom is 0.251 e. The Morgan fingerprint density at radius 1 is 1.20 bits per heavy atom. The molecule has 0 bridgehead atoms. The van der Waals surface area contributed by atoms with Crippen LogP contribution in [0.1, 0.15) is 19.8 Å². The van der Waals surface area contributed by atoms with E-state index in [-0.39, 0.29) is 5.91 Å². The van der Waals surface area contributed by atoms with Crippen LogP contribution >= 0.6 is 0 Å². The van der Waals surface area contributed by atoms with Crippen LogP contribution in [-0.4, -0.2) is 37.0 Å². The number of carbonyl (C=O) groups excluding carboxylic acids is 1. The number of rotatable bonds is 10. The van der Waals surface area contributed by atoms with Crippen LogP contribution in [-0.2, 0) is 4.79 Å². The van der Waals surface area contributed by atoms with Gasteiger partial charge in [-0.05, 0) is 37.0 Å². The van der Waals surface area contributed by atoms with Gasteiger partial charge in [0.05, 0.1) is 0 Å². The van der Waals surface area contributed by atoms with Gasteiger partial charge in [0.15, 0.2) is 0 Å². The third-order valence-corrected chi connectivity index (χ3v) is 4.07. The Kier molecular flexibility index (Phi) is 9.95. The Morgan fingerprint density at radius 3 is 2.60 bits per heavy atom. The van der Waals surface area contributed by atoms with Crippen LogP contribution in [0.15, 0.2) is 85.1 Å². The van der Waals surface area contributed by atoms with E-state index >= 15 is 0 Å². The Balaban J connectivity index is 2.42. The Hall–Kier alpha value is -2.39. The molecule has 0 spiro atoms. The zero-order chi connectivity index (χ0) is 18.5. The van der Waals surface area contributed by atoms with E-state index in [2.05, 4.69) is 30.0 Å². The van der Waals surface area contributed by atoms with E-state index in [0.717, 1.165) is 32.5 Å². The van der Waals surface area contributed by atoms with E-state index in [4.69, 9.17) is 0 Å². The lowest BCUT2D eigenvalue weighted by molar-refractivity contribution is -0.117. The van der Waals surface area contributed by atoms with E-state index in [0.29, 0.717) is 12.1 Å². The molecular formula is C22H30N2O. The van der Waals surface area contributed by atoms with Gasteiger partial charge >= 0.3 is 0 Å². The highest BCUT2D eigenvalue weighted by Gasteiger charge is 2.15. The summed E-state index contributed by atoms with van der Waals surface area (Å²) in [5, 5.41) is 2.97. The highest BCUT2D eigenvalue weighted by atomic mass is 16.1. The molecule has 1 aliphatic rings. The molecule has 0 radical (unpaired) electrons. The lowest BCUT2D eigenvalue weighted by atomic mass is 10.00. The van der Waals surface area contributed by atoms with Gasteiger partial charge in [0.2, 0.25) is 0 Å². The molecule has 3 heteroatoms. The van der Waals surface area contributed by atoms with Gasteiger partial charge in [0, 0.05) is 31.8 Å². The number of nitrogens with one attached hydrogen (secondary N) is 1. The maximum atomic E-state index is 12.2. The van der Waals surface area contributed by atoms with Gasteiger partial charge in [-0.3, -0.25) is 9.69 Å². The van der Waals surface area contributed by atoms with Crippen LogP contribution in [0.2, 0.25) is 0 Å². The summed E-state index contributed by atoms with van der Waals surface area (Å²) in [6.07, 6.45) is 16.6. The average Bonchev–Trinajstić information content (AvgIpc) is 2.64. The molecule has 0 fully saturated rings. The summed E-state index contributed by atoms with van der Waals surface area (Å²) >= 11 is 0. The van der Waals surface area contributed by atoms with Gasteiger partial charge in [-0.25, -0.2) is 0 Å². The first-order chi connectivity index (χ1) is 12.2. The fraction of sp³-hybridized carbons (Fsp3) is 0.318. The molecule has 0 atom stereocenters. The minimum absolute atomic E-state index is 0.0695. The van der Waals surface area contributed by atoms with Gasteiger partial charge < -0.3 is 5.32 Å². The molecule has 0 aromatic rings. The highest BCUT2D eigenvalue weighted by molar-refractivity contribution is 5.96. The number of hydrogen-bond donors (Lipinski definition) is 1. The predicted octanol–water partition coefficient (Wildman–Crippen LogP) is 4.11. The summed E-state index contributed by atoms with van der Waals surface area (Å²) in [6, 6.07) is 0. The van der Waals surface area contributed by atoms with Crippen molar-refractivity contribution in [2.45, 2.75) is 19.8 Å². The second-order valence-electron chi connectivity index (χ2n) is 5.84. The summed E-state index contributed by atoms with van der Waals surface area (Å²) < 4.78 is 0. The first-order valence-electron chi connectivity index (χ1n) is 8.75. The predicted molar refractivity (Wildman–Crippen MR) is 108 cm³/mol. The van der Waals surface area contributed by atoms with E-state index < -0.39 is 0 Å². The third-order valence-electron chi connectivity index (χ3n) is 4.07.